The van der Waals surface area contributed by atoms with Crippen molar-refractivity contribution in [1.29, 1.82) is 0 Å². The number of rotatable bonds is 7. The van der Waals surface area contributed by atoms with Gasteiger partial charge in [-0.25, -0.2) is 0 Å². The van der Waals surface area contributed by atoms with Crippen LogP contribution in [-0.4, -0.2) is 30.4 Å². The molecular formula is C20H19F3N2O4. The second kappa shape index (κ2) is 9.72. The smallest absolute Gasteiger partial charge is 0.418 e. The van der Waals surface area contributed by atoms with Crippen molar-refractivity contribution < 1.29 is 32.3 Å². The fraction of sp³-hybridized carbons (Fsp3) is 0.250. The minimum absolute atomic E-state index is 0.203. The Hall–Kier alpha value is -3.36. The van der Waals surface area contributed by atoms with E-state index in [4.69, 9.17) is 4.74 Å². The van der Waals surface area contributed by atoms with E-state index in [1.54, 1.807) is 37.3 Å². The molecule has 0 saturated heterocycles. The van der Waals surface area contributed by atoms with Crippen molar-refractivity contribution in [3.8, 4) is 0 Å². The maximum absolute atomic E-state index is 12.9. The highest BCUT2D eigenvalue weighted by molar-refractivity contribution is 5.95. The average Bonchev–Trinajstić information content (AvgIpc) is 2.66. The number of alkyl halides is 3. The number of hydrogen-bond donors (Lipinski definition) is 2. The molecule has 2 aromatic rings. The van der Waals surface area contributed by atoms with E-state index in [0.29, 0.717) is 5.56 Å². The Bertz CT molecular complexity index is 870. The van der Waals surface area contributed by atoms with E-state index in [9.17, 15) is 27.6 Å². The number of hydrogen-bond acceptors (Lipinski definition) is 4. The Balaban J connectivity index is 1.80. The summed E-state index contributed by atoms with van der Waals surface area (Å²) >= 11 is 0. The van der Waals surface area contributed by atoms with Crippen molar-refractivity contribution in [2.24, 2.45) is 0 Å². The number of amides is 2. The van der Waals surface area contributed by atoms with Crippen LogP contribution in [0.15, 0.2) is 54.6 Å². The number of para-hydroxylation sites is 1. The highest BCUT2D eigenvalue weighted by Crippen LogP contribution is 2.34. The second-order valence-electron chi connectivity index (χ2n) is 6.20. The number of ether oxygens (including phenoxy) is 1. The van der Waals surface area contributed by atoms with E-state index in [2.05, 4.69) is 10.6 Å². The first kappa shape index (κ1) is 21.9. The van der Waals surface area contributed by atoms with Gasteiger partial charge in [0.1, 0.15) is 0 Å². The summed E-state index contributed by atoms with van der Waals surface area (Å²) in [6, 6.07) is 12.3. The van der Waals surface area contributed by atoms with Crippen LogP contribution < -0.4 is 10.6 Å². The predicted octanol–water partition coefficient (Wildman–Crippen LogP) is 3.40. The molecule has 0 aliphatic carbocycles. The monoisotopic (exact) mass is 408 g/mol. The third kappa shape index (κ3) is 6.95. The SMILES string of the molecule is CC(CC(=O)OCC(=O)Nc1ccccc1C(F)(F)F)NC(=O)c1ccccc1. The molecule has 0 spiro atoms. The Kier molecular flexibility index (Phi) is 7.35. The van der Waals surface area contributed by atoms with Gasteiger partial charge in [0.2, 0.25) is 0 Å². The van der Waals surface area contributed by atoms with Crippen LogP contribution in [0.1, 0.15) is 29.3 Å². The number of carbonyl (C=O) groups excluding carboxylic acids is 3. The third-order valence-electron chi connectivity index (χ3n) is 3.76. The number of halogens is 3. The zero-order valence-electron chi connectivity index (χ0n) is 15.5. The van der Waals surface area contributed by atoms with Crippen molar-refractivity contribution in [2.75, 3.05) is 11.9 Å². The molecule has 9 heteroatoms. The van der Waals surface area contributed by atoms with Gasteiger partial charge in [-0.15, -0.1) is 0 Å². The van der Waals surface area contributed by atoms with Crippen LogP contribution in [0.5, 0.6) is 0 Å². The molecule has 0 heterocycles. The molecule has 29 heavy (non-hydrogen) atoms. The van der Waals surface area contributed by atoms with Gasteiger partial charge in [0, 0.05) is 11.6 Å². The molecule has 0 aromatic heterocycles. The maximum Gasteiger partial charge on any atom is 0.418 e. The molecule has 2 aromatic carbocycles. The predicted molar refractivity (Wildman–Crippen MR) is 99.0 cm³/mol. The van der Waals surface area contributed by atoms with Gasteiger partial charge in [-0.05, 0) is 31.2 Å². The lowest BCUT2D eigenvalue weighted by atomic mass is 10.1. The minimum atomic E-state index is -4.63. The van der Waals surface area contributed by atoms with Gasteiger partial charge in [0.25, 0.3) is 11.8 Å². The summed E-state index contributed by atoms with van der Waals surface area (Å²) in [6.45, 7) is 0.839. The highest BCUT2D eigenvalue weighted by atomic mass is 19.4. The summed E-state index contributed by atoms with van der Waals surface area (Å²) in [6.07, 6.45) is -4.84. The lowest BCUT2D eigenvalue weighted by Gasteiger charge is -2.15. The van der Waals surface area contributed by atoms with Gasteiger partial charge >= 0.3 is 12.1 Å². The summed E-state index contributed by atoms with van der Waals surface area (Å²) in [7, 11) is 0. The summed E-state index contributed by atoms with van der Waals surface area (Å²) in [5.41, 5.74) is -1.00. The van der Waals surface area contributed by atoms with Crippen molar-refractivity contribution >= 4 is 23.5 Å². The summed E-state index contributed by atoms with van der Waals surface area (Å²) in [4.78, 5) is 35.6. The fourth-order valence-electron chi connectivity index (χ4n) is 2.43. The van der Waals surface area contributed by atoms with Crippen LogP contribution in [-0.2, 0) is 20.5 Å². The quantitative estimate of drug-likeness (QED) is 0.688. The maximum atomic E-state index is 12.9. The standard InChI is InChI=1S/C20H19F3N2O4/c1-13(24-19(28)14-7-3-2-4-8-14)11-18(27)29-12-17(26)25-16-10-6-5-9-15(16)20(21,22)23/h2-10,13H,11-12H2,1H3,(H,24,28)(H,25,26). The number of benzene rings is 2. The van der Waals surface area contributed by atoms with Gasteiger partial charge in [-0.1, -0.05) is 30.3 Å². The third-order valence-corrected chi connectivity index (χ3v) is 3.76. The molecule has 0 bridgehead atoms. The van der Waals surface area contributed by atoms with Gasteiger partial charge < -0.3 is 15.4 Å². The van der Waals surface area contributed by atoms with Crippen LogP contribution in [0.2, 0.25) is 0 Å². The molecule has 2 amide bonds. The van der Waals surface area contributed by atoms with Crippen LogP contribution in [0.4, 0.5) is 18.9 Å². The van der Waals surface area contributed by atoms with Gasteiger partial charge in [0.05, 0.1) is 17.7 Å². The fourth-order valence-corrected chi connectivity index (χ4v) is 2.43. The number of esters is 1. The van der Waals surface area contributed by atoms with E-state index in [0.717, 1.165) is 12.1 Å². The molecule has 154 valence electrons. The zero-order chi connectivity index (χ0) is 21.4. The number of nitrogens with one attached hydrogen (secondary N) is 2. The lowest BCUT2D eigenvalue weighted by molar-refractivity contribution is -0.147. The van der Waals surface area contributed by atoms with E-state index in [1.807, 2.05) is 0 Å². The van der Waals surface area contributed by atoms with Crippen LogP contribution >= 0.6 is 0 Å². The molecule has 2 N–H and O–H groups in total. The van der Waals surface area contributed by atoms with Crippen LogP contribution in [0, 0.1) is 0 Å². The molecule has 2 rings (SSSR count). The van der Waals surface area contributed by atoms with Gasteiger partial charge in [0.15, 0.2) is 6.61 Å². The number of carbonyl (C=O) groups is 3. The first-order valence-corrected chi connectivity index (χ1v) is 8.64. The molecule has 0 fully saturated rings. The summed E-state index contributed by atoms with van der Waals surface area (Å²) < 4.78 is 43.5. The molecule has 1 unspecified atom stereocenters. The first-order chi connectivity index (χ1) is 13.7. The van der Waals surface area contributed by atoms with Crippen LogP contribution in [0.25, 0.3) is 0 Å². The molecule has 6 nitrogen and oxygen atoms in total. The average molecular weight is 408 g/mol. The Morgan fingerprint density at radius 1 is 1.00 bits per heavy atom. The Labute approximate surface area is 165 Å². The molecular weight excluding hydrogens is 389 g/mol. The second-order valence-corrected chi connectivity index (χ2v) is 6.20. The largest absolute Gasteiger partial charge is 0.455 e. The minimum Gasteiger partial charge on any atom is -0.455 e. The molecule has 0 aliphatic rings. The highest BCUT2D eigenvalue weighted by Gasteiger charge is 2.33. The first-order valence-electron chi connectivity index (χ1n) is 8.64. The molecule has 0 aliphatic heterocycles. The summed E-state index contributed by atoms with van der Waals surface area (Å²) in [5.74, 6) is -2.05. The van der Waals surface area contributed by atoms with Crippen molar-refractivity contribution in [1.82, 2.24) is 5.32 Å². The van der Waals surface area contributed by atoms with E-state index < -0.39 is 42.0 Å². The Morgan fingerprint density at radius 2 is 1.62 bits per heavy atom. The molecule has 0 saturated carbocycles. The van der Waals surface area contributed by atoms with Crippen molar-refractivity contribution in [2.45, 2.75) is 25.6 Å². The van der Waals surface area contributed by atoms with E-state index >= 15 is 0 Å². The lowest BCUT2D eigenvalue weighted by Crippen LogP contribution is -2.35. The van der Waals surface area contributed by atoms with Crippen molar-refractivity contribution in [3.63, 3.8) is 0 Å². The van der Waals surface area contributed by atoms with E-state index in [1.165, 1.54) is 12.1 Å². The van der Waals surface area contributed by atoms with Crippen molar-refractivity contribution in [3.05, 3.63) is 65.7 Å². The Morgan fingerprint density at radius 3 is 2.28 bits per heavy atom. The zero-order valence-corrected chi connectivity index (χ0v) is 15.5. The van der Waals surface area contributed by atoms with Gasteiger partial charge in [-0.3, -0.25) is 14.4 Å². The normalized spacial score (nSPS) is 12.0. The van der Waals surface area contributed by atoms with E-state index in [-0.39, 0.29) is 12.3 Å². The molecule has 1 atom stereocenters. The number of anilines is 1. The molecule has 0 radical (unpaired) electrons. The van der Waals surface area contributed by atoms with Crippen LogP contribution in [0.3, 0.4) is 0 Å². The topological polar surface area (TPSA) is 84.5 Å². The summed E-state index contributed by atoms with van der Waals surface area (Å²) in [5, 5.41) is 4.69. The van der Waals surface area contributed by atoms with Gasteiger partial charge in [-0.2, -0.15) is 13.2 Å².